The molecule has 2 unspecified atom stereocenters. The number of esters is 1. The Hall–Kier alpha value is -1.45. The smallest absolute Gasteiger partial charge is 0.355 e. The van der Waals surface area contributed by atoms with E-state index in [9.17, 15) is 4.79 Å². The summed E-state index contributed by atoms with van der Waals surface area (Å²) in [6.45, 7) is 4.44. The Balaban J connectivity index is 2.01. The third-order valence-electron chi connectivity index (χ3n) is 3.64. The Morgan fingerprint density at radius 1 is 1.33 bits per heavy atom. The van der Waals surface area contributed by atoms with Gasteiger partial charge in [-0.05, 0) is 37.2 Å². The normalized spacial score (nSPS) is 28.1. The molecule has 0 aromatic carbocycles. The van der Waals surface area contributed by atoms with Gasteiger partial charge in [-0.1, -0.05) is 13.8 Å². The van der Waals surface area contributed by atoms with Crippen molar-refractivity contribution in [3.63, 3.8) is 0 Å². The summed E-state index contributed by atoms with van der Waals surface area (Å²) < 4.78 is 7.31. The lowest BCUT2D eigenvalue weighted by atomic mass is 9.82. The summed E-state index contributed by atoms with van der Waals surface area (Å²) in [6, 6.07) is 1.66. The molecule has 1 aliphatic rings. The van der Waals surface area contributed by atoms with Crippen molar-refractivity contribution in [1.29, 1.82) is 0 Å². The summed E-state index contributed by atoms with van der Waals surface area (Å²) in [7, 11) is 1.80. The number of nitrogens with two attached hydrogens (primary N) is 1. The van der Waals surface area contributed by atoms with Crippen LogP contribution in [0.4, 0.5) is 5.69 Å². The van der Waals surface area contributed by atoms with Crippen LogP contribution in [0.3, 0.4) is 0 Å². The maximum atomic E-state index is 12.1. The Morgan fingerprint density at radius 2 is 1.94 bits per heavy atom. The molecule has 0 aliphatic heterocycles. The number of carbonyl (C=O) groups excluding carboxylic acids is 1. The van der Waals surface area contributed by atoms with Gasteiger partial charge in [-0.3, -0.25) is 0 Å². The number of anilines is 1. The summed E-state index contributed by atoms with van der Waals surface area (Å²) >= 11 is 0. The fraction of sp³-hybridized carbons (Fsp3) is 0.643. The van der Waals surface area contributed by atoms with Crippen LogP contribution in [-0.2, 0) is 11.8 Å². The zero-order valence-corrected chi connectivity index (χ0v) is 11.3. The van der Waals surface area contributed by atoms with E-state index < -0.39 is 0 Å². The van der Waals surface area contributed by atoms with E-state index in [1.54, 1.807) is 23.9 Å². The molecule has 1 aromatic heterocycles. The summed E-state index contributed by atoms with van der Waals surface area (Å²) in [5, 5.41) is 0. The van der Waals surface area contributed by atoms with Crippen molar-refractivity contribution in [2.45, 2.75) is 39.2 Å². The number of rotatable bonds is 2. The van der Waals surface area contributed by atoms with Gasteiger partial charge < -0.3 is 15.0 Å². The van der Waals surface area contributed by atoms with Crippen LogP contribution in [0.25, 0.3) is 0 Å². The van der Waals surface area contributed by atoms with E-state index in [-0.39, 0.29) is 12.1 Å². The number of ether oxygens (including phenoxy) is 1. The molecule has 4 nitrogen and oxygen atoms in total. The second kappa shape index (κ2) is 5.04. The second-order valence-corrected chi connectivity index (χ2v) is 5.71. The van der Waals surface area contributed by atoms with Crippen molar-refractivity contribution < 1.29 is 9.53 Å². The Kier molecular flexibility index (Phi) is 3.64. The SMILES string of the molecule is CC1CC(C)CC(OC(=O)c2cc(N)cn2C)C1. The lowest BCUT2D eigenvalue weighted by Crippen LogP contribution is -2.29. The quantitative estimate of drug-likeness (QED) is 0.821. The minimum absolute atomic E-state index is 0.0485. The molecule has 1 saturated carbocycles. The molecule has 18 heavy (non-hydrogen) atoms. The van der Waals surface area contributed by atoms with Gasteiger partial charge in [-0.2, -0.15) is 0 Å². The van der Waals surface area contributed by atoms with Crippen LogP contribution in [0, 0.1) is 11.8 Å². The molecule has 0 amide bonds. The van der Waals surface area contributed by atoms with Crippen LogP contribution in [-0.4, -0.2) is 16.6 Å². The molecule has 1 aliphatic carbocycles. The fourth-order valence-electron chi connectivity index (χ4n) is 2.97. The molecule has 1 heterocycles. The molecule has 2 rings (SSSR count). The highest BCUT2D eigenvalue weighted by atomic mass is 16.5. The summed E-state index contributed by atoms with van der Waals surface area (Å²) in [6.07, 6.45) is 4.94. The monoisotopic (exact) mass is 250 g/mol. The highest BCUT2D eigenvalue weighted by molar-refractivity contribution is 5.89. The molecule has 0 bridgehead atoms. The lowest BCUT2D eigenvalue weighted by molar-refractivity contribution is 0.00710. The molecule has 1 aromatic rings. The van der Waals surface area contributed by atoms with E-state index in [0.717, 1.165) is 12.8 Å². The molecular formula is C14H22N2O2. The Bertz CT molecular complexity index is 429. The number of nitrogen functional groups attached to an aromatic ring is 1. The number of nitrogens with zero attached hydrogens (tertiary/aromatic N) is 1. The van der Waals surface area contributed by atoms with Gasteiger partial charge in [0.25, 0.3) is 0 Å². The van der Waals surface area contributed by atoms with E-state index in [0.29, 0.717) is 23.2 Å². The van der Waals surface area contributed by atoms with Gasteiger partial charge in [0, 0.05) is 13.2 Å². The summed E-state index contributed by atoms with van der Waals surface area (Å²) in [4.78, 5) is 12.1. The molecular weight excluding hydrogens is 228 g/mol. The van der Waals surface area contributed by atoms with E-state index in [2.05, 4.69) is 13.8 Å². The van der Waals surface area contributed by atoms with Crippen molar-refractivity contribution in [2.24, 2.45) is 18.9 Å². The van der Waals surface area contributed by atoms with Gasteiger partial charge in [0.1, 0.15) is 11.8 Å². The number of aryl methyl sites for hydroxylation is 1. The van der Waals surface area contributed by atoms with E-state index >= 15 is 0 Å². The highest BCUT2D eigenvalue weighted by Crippen LogP contribution is 2.30. The van der Waals surface area contributed by atoms with Gasteiger partial charge >= 0.3 is 5.97 Å². The van der Waals surface area contributed by atoms with E-state index in [4.69, 9.17) is 10.5 Å². The first kappa shape index (κ1) is 13.0. The van der Waals surface area contributed by atoms with Crippen LogP contribution in [0.5, 0.6) is 0 Å². The predicted molar refractivity (Wildman–Crippen MR) is 71.2 cm³/mol. The molecule has 100 valence electrons. The minimum atomic E-state index is -0.263. The largest absolute Gasteiger partial charge is 0.458 e. The van der Waals surface area contributed by atoms with Gasteiger partial charge in [0.05, 0.1) is 5.69 Å². The number of hydrogen-bond acceptors (Lipinski definition) is 3. The van der Waals surface area contributed by atoms with Gasteiger partial charge in [-0.25, -0.2) is 4.79 Å². The fourth-order valence-corrected chi connectivity index (χ4v) is 2.97. The van der Waals surface area contributed by atoms with Gasteiger partial charge in [-0.15, -0.1) is 0 Å². The standard InChI is InChI=1S/C14H22N2O2/c1-9-4-10(2)6-12(5-9)18-14(17)13-7-11(15)8-16(13)3/h7-10,12H,4-6,15H2,1-3H3. The third-order valence-corrected chi connectivity index (χ3v) is 3.64. The topological polar surface area (TPSA) is 57.2 Å². The maximum absolute atomic E-state index is 12.1. The maximum Gasteiger partial charge on any atom is 0.355 e. The molecule has 0 saturated heterocycles. The third kappa shape index (κ3) is 2.86. The predicted octanol–water partition coefficient (Wildman–Crippen LogP) is 2.59. The van der Waals surface area contributed by atoms with Gasteiger partial charge in [0.2, 0.25) is 0 Å². The molecule has 0 radical (unpaired) electrons. The van der Waals surface area contributed by atoms with Crippen molar-refractivity contribution in [2.75, 3.05) is 5.73 Å². The highest BCUT2D eigenvalue weighted by Gasteiger charge is 2.27. The lowest BCUT2D eigenvalue weighted by Gasteiger charge is -2.30. The molecule has 4 heteroatoms. The van der Waals surface area contributed by atoms with Crippen LogP contribution in [0.1, 0.15) is 43.6 Å². The van der Waals surface area contributed by atoms with Crippen LogP contribution < -0.4 is 5.73 Å². The van der Waals surface area contributed by atoms with Crippen LogP contribution >= 0.6 is 0 Å². The first-order chi connectivity index (χ1) is 8.45. The van der Waals surface area contributed by atoms with Gasteiger partial charge in [0.15, 0.2) is 0 Å². The summed E-state index contributed by atoms with van der Waals surface area (Å²) in [5.74, 6) is 0.996. The minimum Gasteiger partial charge on any atom is -0.458 e. The average molecular weight is 250 g/mol. The molecule has 2 N–H and O–H groups in total. The Labute approximate surface area is 108 Å². The van der Waals surface area contributed by atoms with Crippen molar-refractivity contribution in [3.8, 4) is 0 Å². The van der Waals surface area contributed by atoms with E-state index in [1.807, 2.05) is 0 Å². The zero-order valence-electron chi connectivity index (χ0n) is 11.3. The average Bonchev–Trinajstić information content (AvgIpc) is 2.56. The van der Waals surface area contributed by atoms with Crippen LogP contribution in [0.15, 0.2) is 12.3 Å². The number of carbonyl (C=O) groups is 1. The number of aromatic nitrogens is 1. The molecule has 1 fully saturated rings. The summed E-state index contributed by atoms with van der Waals surface area (Å²) in [5.41, 5.74) is 6.78. The van der Waals surface area contributed by atoms with Crippen molar-refractivity contribution in [3.05, 3.63) is 18.0 Å². The zero-order chi connectivity index (χ0) is 13.3. The first-order valence-corrected chi connectivity index (χ1v) is 6.58. The van der Waals surface area contributed by atoms with E-state index in [1.165, 1.54) is 6.42 Å². The van der Waals surface area contributed by atoms with Crippen LogP contribution in [0.2, 0.25) is 0 Å². The first-order valence-electron chi connectivity index (χ1n) is 6.58. The second-order valence-electron chi connectivity index (χ2n) is 5.71. The van der Waals surface area contributed by atoms with Crippen molar-refractivity contribution >= 4 is 11.7 Å². The Morgan fingerprint density at radius 3 is 2.44 bits per heavy atom. The number of hydrogen-bond donors (Lipinski definition) is 1. The van der Waals surface area contributed by atoms with Crippen molar-refractivity contribution in [1.82, 2.24) is 4.57 Å². The molecule has 0 spiro atoms. The molecule has 2 atom stereocenters.